The van der Waals surface area contributed by atoms with E-state index in [1.165, 1.54) is 12.1 Å². The molecule has 3 amide bonds. The van der Waals surface area contributed by atoms with Crippen molar-refractivity contribution in [3.63, 3.8) is 0 Å². The lowest BCUT2D eigenvalue weighted by molar-refractivity contribution is -0.116. The highest BCUT2D eigenvalue weighted by Crippen LogP contribution is 2.23. The van der Waals surface area contributed by atoms with E-state index in [1.54, 1.807) is 12.1 Å². The van der Waals surface area contributed by atoms with Gasteiger partial charge in [-0.2, -0.15) is 0 Å². The number of phenols is 1. The number of thioether (sulfide) groups is 1. The molecule has 2 rings (SSSR count). The van der Waals surface area contributed by atoms with E-state index in [0.717, 1.165) is 6.08 Å². The second kappa shape index (κ2) is 4.92. The minimum atomic E-state index is -0.587. The summed E-state index contributed by atoms with van der Waals surface area (Å²) in [6.07, 6.45) is 1.04. The number of hydrogen-bond acceptors (Lipinski definition) is 5. The Labute approximate surface area is 106 Å². The van der Waals surface area contributed by atoms with Gasteiger partial charge < -0.3 is 10.4 Å². The summed E-state index contributed by atoms with van der Waals surface area (Å²) in [4.78, 5) is 33.7. The Morgan fingerprint density at radius 1 is 1.39 bits per heavy atom. The van der Waals surface area contributed by atoms with Gasteiger partial charge in [-0.3, -0.25) is 19.7 Å². The minimum absolute atomic E-state index is 0.0172. The second-order valence-corrected chi connectivity index (χ2v) is 4.41. The van der Waals surface area contributed by atoms with Gasteiger partial charge in [-0.1, -0.05) is 6.07 Å². The van der Waals surface area contributed by atoms with Crippen LogP contribution in [0.3, 0.4) is 0 Å². The topological polar surface area (TPSA) is 95.5 Å². The van der Waals surface area contributed by atoms with Gasteiger partial charge in [0.05, 0.1) is 4.91 Å². The molecule has 0 aromatic heterocycles. The Morgan fingerprint density at radius 3 is 2.78 bits per heavy atom. The van der Waals surface area contributed by atoms with Crippen LogP contribution >= 0.6 is 11.8 Å². The van der Waals surface area contributed by atoms with Crippen LogP contribution in [0.5, 0.6) is 5.75 Å². The Kier molecular flexibility index (Phi) is 3.33. The van der Waals surface area contributed by atoms with Gasteiger partial charge in [0, 0.05) is 17.8 Å². The van der Waals surface area contributed by atoms with Crippen molar-refractivity contribution in [3.8, 4) is 5.75 Å². The molecule has 7 heteroatoms. The summed E-state index contributed by atoms with van der Waals surface area (Å²) in [5, 5.41) is 13.2. The molecular weight excluding hydrogens is 256 g/mol. The Balaban J connectivity index is 2.07. The van der Waals surface area contributed by atoms with E-state index in [9.17, 15) is 19.5 Å². The van der Waals surface area contributed by atoms with Crippen molar-refractivity contribution in [3.05, 3.63) is 35.2 Å². The van der Waals surface area contributed by atoms with E-state index < -0.39 is 17.1 Å². The molecule has 1 heterocycles. The van der Waals surface area contributed by atoms with Crippen LogP contribution in [0.15, 0.2) is 35.2 Å². The molecule has 1 fully saturated rings. The predicted octanol–water partition coefficient (Wildman–Crippen LogP) is 1.20. The van der Waals surface area contributed by atoms with Crippen molar-refractivity contribution in [1.29, 1.82) is 0 Å². The van der Waals surface area contributed by atoms with Crippen LogP contribution in [-0.4, -0.2) is 22.2 Å². The highest BCUT2D eigenvalue weighted by molar-refractivity contribution is 8.18. The number of imide groups is 1. The van der Waals surface area contributed by atoms with Gasteiger partial charge in [0.2, 0.25) is 5.91 Å². The molecule has 1 aliphatic rings. The molecule has 92 valence electrons. The van der Waals surface area contributed by atoms with Gasteiger partial charge in [-0.15, -0.1) is 0 Å². The molecule has 1 aromatic rings. The molecule has 6 nitrogen and oxygen atoms in total. The number of rotatable bonds is 2. The maximum absolute atomic E-state index is 11.6. The van der Waals surface area contributed by atoms with Crippen LogP contribution in [0.1, 0.15) is 0 Å². The molecule has 0 aliphatic carbocycles. The SMILES string of the molecule is O=C(/C=C1\SC(=O)NC1=O)Nc1cccc(O)c1. The van der Waals surface area contributed by atoms with Crippen molar-refractivity contribution in [2.24, 2.45) is 0 Å². The molecule has 0 atom stereocenters. The fourth-order valence-corrected chi connectivity index (χ4v) is 1.96. The molecule has 1 saturated heterocycles. The van der Waals surface area contributed by atoms with E-state index >= 15 is 0 Å². The molecule has 18 heavy (non-hydrogen) atoms. The van der Waals surface area contributed by atoms with Gasteiger partial charge in [0.1, 0.15) is 5.75 Å². The lowest BCUT2D eigenvalue weighted by atomic mass is 10.3. The molecule has 3 N–H and O–H groups in total. The Hall–Kier alpha value is -2.28. The molecule has 0 spiro atoms. The van der Waals surface area contributed by atoms with Crippen LogP contribution in [0, 0.1) is 0 Å². The zero-order valence-electron chi connectivity index (χ0n) is 8.97. The first-order valence-electron chi connectivity index (χ1n) is 4.89. The lowest BCUT2D eigenvalue weighted by Gasteiger charge is -2.02. The third-order valence-electron chi connectivity index (χ3n) is 2.02. The largest absolute Gasteiger partial charge is 0.508 e. The predicted molar refractivity (Wildman–Crippen MR) is 65.9 cm³/mol. The van der Waals surface area contributed by atoms with Gasteiger partial charge >= 0.3 is 0 Å². The molecule has 0 bridgehead atoms. The fraction of sp³-hybridized carbons (Fsp3) is 0. The normalized spacial score (nSPS) is 16.8. The average Bonchev–Trinajstić information content (AvgIpc) is 2.57. The highest BCUT2D eigenvalue weighted by atomic mass is 32.2. The van der Waals surface area contributed by atoms with Crippen molar-refractivity contribution in [2.45, 2.75) is 0 Å². The van der Waals surface area contributed by atoms with Gasteiger partial charge in [-0.05, 0) is 23.9 Å². The second-order valence-electron chi connectivity index (χ2n) is 3.39. The van der Waals surface area contributed by atoms with Crippen molar-refractivity contribution < 1.29 is 19.5 Å². The smallest absolute Gasteiger partial charge is 0.290 e. The third-order valence-corrected chi connectivity index (χ3v) is 2.83. The number of benzene rings is 1. The average molecular weight is 264 g/mol. The third kappa shape index (κ3) is 2.89. The first-order chi connectivity index (χ1) is 8.54. The number of nitrogens with one attached hydrogen (secondary N) is 2. The van der Waals surface area contributed by atoms with Crippen molar-refractivity contribution in [1.82, 2.24) is 5.32 Å². The summed E-state index contributed by atoms with van der Waals surface area (Å²) in [6.45, 7) is 0. The number of amides is 3. The maximum Gasteiger partial charge on any atom is 0.290 e. The zero-order chi connectivity index (χ0) is 13.1. The number of carbonyl (C=O) groups excluding carboxylic acids is 3. The van der Waals surface area contributed by atoms with E-state index in [2.05, 4.69) is 5.32 Å². The van der Waals surface area contributed by atoms with Crippen LogP contribution in [0.25, 0.3) is 0 Å². The molecule has 0 unspecified atom stereocenters. The van der Waals surface area contributed by atoms with E-state index in [0.29, 0.717) is 17.4 Å². The van der Waals surface area contributed by atoms with Gasteiger partial charge in [-0.25, -0.2) is 0 Å². The monoisotopic (exact) mass is 264 g/mol. The van der Waals surface area contributed by atoms with Crippen LogP contribution in [0.4, 0.5) is 10.5 Å². The standard InChI is InChI=1S/C11H8N2O4S/c14-7-3-1-2-6(4-7)12-9(15)5-8-10(16)13-11(17)18-8/h1-5,14H,(H,12,15)(H,13,16,17)/b8-5-. The molecule has 1 aromatic carbocycles. The van der Waals surface area contributed by atoms with Crippen molar-refractivity contribution >= 4 is 34.5 Å². The summed E-state index contributed by atoms with van der Waals surface area (Å²) in [7, 11) is 0. The number of carbonyl (C=O) groups is 3. The number of anilines is 1. The molecular formula is C11H8N2O4S. The number of phenolic OH excluding ortho intramolecular Hbond substituents is 1. The van der Waals surface area contributed by atoms with Crippen molar-refractivity contribution in [2.75, 3.05) is 5.32 Å². The van der Waals surface area contributed by atoms with E-state index in [-0.39, 0.29) is 10.7 Å². The van der Waals surface area contributed by atoms with E-state index in [1.807, 2.05) is 5.32 Å². The van der Waals surface area contributed by atoms with Crippen LogP contribution < -0.4 is 10.6 Å². The Bertz CT molecular complexity index is 568. The molecule has 1 aliphatic heterocycles. The summed E-state index contributed by atoms with van der Waals surface area (Å²) < 4.78 is 0. The van der Waals surface area contributed by atoms with Crippen LogP contribution in [0.2, 0.25) is 0 Å². The quantitative estimate of drug-likeness (QED) is 0.697. The maximum atomic E-state index is 11.6. The van der Waals surface area contributed by atoms with Crippen LogP contribution in [-0.2, 0) is 9.59 Å². The molecule has 0 saturated carbocycles. The molecule has 0 radical (unpaired) electrons. The van der Waals surface area contributed by atoms with Gasteiger partial charge in [0.25, 0.3) is 11.1 Å². The fourth-order valence-electron chi connectivity index (χ4n) is 1.30. The van der Waals surface area contributed by atoms with Gasteiger partial charge in [0.15, 0.2) is 0 Å². The van der Waals surface area contributed by atoms with E-state index in [4.69, 9.17) is 0 Å². The Morgan fingerprint density at radius 2 is 2.17 bits per heavy atom. The minimum Gasteiger partial charge on any atom is -0.508 e. The number of aromatic hydroxyl groups is 1. The summed E-state index contributed by atoms with van der Waals surface area (Å²) in [6, 6.07) is 5.98. The first-order valence-corrected chi connectivity index (χ1v) is 5.71. The summed E-state index contributed by atoms with van der Waals surface area (Å²) >= 11 is 0.667. The zero-order valence-corrected chi connectivity index (χ0v) is 9.78. The first kappa shape index (κ1) is 12.2. The lowest BCUT2D eigenvalue weighted by Crippen LogP contribution is -2.18. The highest BCUT2D eigenvalue weighted by Gasteiger charge is 2.25. The number of hydrogen-bond donors (Lipinski definition) is 3. The summed E-state index contributed by atoms with van der Waals surface area (Å²) in [5.74, 6) is -1.12. The summed E-state index contributed by atoms with van der Waals surface area (Å²) in [5.41, 5.74) is 0.395.